The molecule has 3 aromatic rings. The molecule has 5 N–H and O–H groups in total. The van der Waals surface area contributed by atoms with Gasteiger partial charge in [0.25, 0.3) is 0 Å². The molecule has 16 heteroatoms. The number of ether oxygens (including phenoxy) is 2. The molecule has 1 unspecified atom stereocenters. The Kier molecular flexibility index (Phi) is 20.0. The summed E-state index contributed by atoms with van der Waals surface area (Å²) < 4.78 is 50.0. The molecule has 0 amide bonds. The lowest BCUT2D eigenvalue weighted by Crippen LogP contribution is -2.50. The Morgan fingerprint density at radius 1 is 0.927 bits per heavy atom. The molecule has 0 spiro atoms. The molecular formula is C39H58FN6O8P. The zero-order valence-electron chi connectivity index (χ0n) is 32.2. The van der Waals surface area contributed by atoms with E-state index in [1.807, 2.05) is 6.07 Å². The molecule has 0 radical (unpaired) electrons. The predicted octanol–water partition coefficient (Wildman–Crippen LogP) is 7.86. The Morgan fingerprint density at radius 3 is 2.09 bits per heavy atom. The first kappa shape index (κ1) is 45.7. The van der Waals surface area contributed by atoms with Crippen molar-refractivity contribution in [1.29, 1.82) is 10.5 Å². The first-order valence-corrected chi connectivity index (χ1v) is 20.9. The third-order valence-corrected chi connectivity index (χ3v) is 10.6. The van der Waals surface area contributed by atoms with E-state index in [1.165, 1.54) is 93.3 Å². The van der Waals surface area contributed by atoms with Crippen LogP contribution in [0.15, 0.2) is 36.7 Å². The van der Waals surface area contributed by atoms with Crippen molar-refractivity contribution in [3.05, 3.63) is 53.7 Å². The largest absolute Gasteiger partial charge is 0.488 e. The Hall–Kier alpha value is -3.66. The molecule has 3 rings (SSSR count). The monoisotopic (exact) mass is 788 g/mol. The van der Waals surface area contributed by atoms with Gasteiger partial charge in [-0.3, -0.25) is 9.05 Å². The number of halogens is 1. The number of benzene rings is 1. The number of aliphatic hydroxyl groups excluding tert-OH is 2. The van der Waals surface area contributed by atoms with Crippen molar-refractivity contribution < 1.29 is 42.6 Å². The smallest absolute Gasteiger partial charge is 0.472 e. The maximum Gasteiger partial charge on any atom is 0.472 e. The Labute approximate surface area is 324 Å². The highest BCUT2D eigenvalue weighted by atomic mass is 31.2. The third kappa shape index (κ3) is 15.1. The van der Waals surface area contributed by atoms with Gasteiger partial charge in [-0.25, -0.2) is 18.5 Å². The van der Waals surface area contributed by atoms with Gasteiger partial charge in [0.1, 0.15) is 54.4 Å². The molecule has 2 heterocycles. The molecule has 14 nitrogen and oxygen atoms in total. The molecule has 1 aromatic carbocycles. The lowest BCUT2D eigenvalue weighted by atomic mass is 9.93. The molecule has 0 aliphatic heterocycles. The van der Waals surface area contributed by atoms with Gasteiger partial charge >= 0.3 is 7.82 Å². The number of nitrogens with zero attached hydrogens (tertiary/aromatic N) is 5. The van der Waals surface area contributed by atoms with Crippen molar-refractivity contribution in [2.24, 2.45) is 0 Å². The summed E-state index contributed by atoms with van der Waals surface area (Å²) in [5.41, 5.74) is 3.95. The maximum absolute atomic E-state index is 14.2. The van der Waals surface area contributed by atoms with Gasteiger partial charge < -0.3 is 30.3 Å². The minimum Gasteiger partial charge on any atom is -0.488 e. The summed E-state index contributed by atoms with van der Waals surface area (Å²) in [7, 11) is -3.86. The number of methoxy groups -OCH3 is 1. The number of nitriles is 2. The highest BCUT2D eigenvalue weighted by molar-refractivity contribution is 7.47. The third-order valence-electron chi connectivity index (χ3n) is 9.69. The molecule has 0 aliphatic rings. The Balaban J connectivity index is 1.50. The van der Waals surface area contributed by atoms with Crippen molar-refractivity contribution in [3.8, 4) is 17.9 Å². The van der Waals surface area contributed by atoms with Gasteiger partial charge in [-0.05, 0) is 37.1 Å². The van der Waals surface area contributed by atoms with Crippen LogP contribution in [0, 0.1) is 28.5 Å². The van der Waals surface area contributed by atoms with E-state index in [9.17, 15) is 34.6 Å². The molecule has 55 heavy (non-hydrogen) atoms. The number of rotatable bonds is 29. The van der Waals surface area contributed by atoms with Crippen LogP contribution in [0.25, 0.3) is 5.52 Å². The summed E-state index contributed by atoms with van der Waals surface area (Å²) >= 11 is 0. The number of aromatic nitrogens is 3. The van der Waals surface area contributed by atoms with Gasteiger partial charge in [-0.15, -0.1) is 0 Å². The van der Waals surface area contributed by atoms with Crippen LogP contribution >= 0.6 is 7.82 Å². The number of phosphoric ester groups is 1. The second kappa shape index (κ2) is 24.1. The number of hydrogen-bond acceptors (Lipinski definition) is 12. The molecule has 2 aromatic heterocycles. The quantitative estimate of drug-likeness (QED) is 0.0389. The Bertz CT molecular complexity index is 1720. The highest BCUT2D eigenvalue weighted by Gasteiger charge is 2.46. The van der Waals surface area contributed by atoms with E-state index in [1.54, 1.807) is 6.07 Å². The fourth-order valence-corrected chi connectivity index (χ4v) is 7.18. The number of anilines is 1. The van der Waals surface area contributed by atoms with Crippen LogP contribution in [0.3, 0.4) is 0 Å². The molecule has 0 fully saturated rings. The van der Waals surface area contributed by atoms with E-state index in [0.717, 1.165) is 51.3 Å². The van der Waals surface area contributed by atoms with Crippen molar-refractivity contribution >= 4 is 19.2 Å². The fraction of sp³-hybridized carbons (Fsp3) is 0.641. The Morgan fingerprint density at radius 2 is 1.53 bits per heavy atom. The van der Waals surface area contributed by atoms with Gasteiger partial charge in [0.05, 0.1) is 23.9 Å². The number of nitrogens with two attached hydrogens (primary N) is 1. The summed E-state index contributed by atoms with van der Waals surface area (Å²) in [6.45, 7) is 0.802. The molecule has 0 bridgehead atoms. The lowest BCUT2D eigenvalue weighted by Gasteiger charge is -2.33. The zero-order valence-corrected chi connectivity index (χ0v) is 33.0. The van der Waals surface area contributed by atoms with Crippen molar-refractivity contribution in [2.75, 3.05) is 26.1 Å². The first-order valence-electron chi connectivity index (χ1n) is 19.4. The molecule has 0 saturated carbocycles. The number of aliphatic hydroxyl groups is 2. The van der Waals surface area contributed by atoms with Gasteiger partial charge in [0.2, 0.25) is 5.60 Å². The van der Waals surface area contributed by atoms with E-state index < -0.39 is 50.8 Å². The molecule has 5 atom stereocenters. The number of unbranched alkanes of at least 4 members (excludes halogenated alkanes) is 15. The summed E-state index contributed by atoms with van der Waals surface area (Å²) in [5.74, 6) is -0.507. The van der Waals surface area contributed by atoms with Gasteiger partial charge in [-0.1, -0.05) is 103 Å². The van der Waals surface area contributed by atoms with E-state index >= 15 is 0 Å². The van der Waals surface area contributed by atoms with Crippen molar-refractivity contribution in [3.63, 3.8) is 0 Å². The van der Waals surface area contributed by atoms with E-state index in [0.29, 0.717) is 18.4 Å². The second-order valence-corrected chi connectivity index (χ2v) is 15.4. The molecule has 304 valence electrons. The van der Waals surface area contributed by atoms with Crippen molar-refractivity contribution in [1.82, 2.24) is 14.6 Å². The number of nitrogen functional groups attached to an aromatic ring is 1. The summed E-state index contributed by atoms with van der Waals surface area (Å²) in [6.07, 6.45) is 16.2. The summed E-state index contributed by atoms with van der Waals surface area (Å²) in [5, 5.41) is 45.4. The van der Waals surface area contributed by atoms with Crippen LogP contribution in [0.2, 0.25) is 0 Å². The normalized spacial score (nSPS) is 15.4. The number of phosphoric acid groups is 1. The average Bonchev–Trinajstić information content (AvgIpc) is 3.62. The van der Waals surface area contributed by atoms with Crippen LogP contribution in [0.1, 0.15) is 133 Å². The van der Waals surface area contributed by atoms with E-state index in [2.05, 4.69) is 17.0 Å². The zero-order chi connectivity index (χ0) is 40.1. The van der Waals surface area contributed by atoms with Crippen LogP contribution in [-0.2, 0) is 18.3 Å². The van der Waals surface area contributed by atoms with Crippen molar-refractivity contribution in [2.45, 2.75) is 140 Å². The van der Waals surface area contributed by atoms with Gasteiger partial charge in [0.15, 0.2) is 5.82 Å². The fourth-order valence-electron chi connectivity index (χ4n) is 6.40. The standard InChI is InChI=1S/C39H58FN6O8P/c1-3-4-5-6-7-8-9-10-11-12-13-14-15-16-17-18-19-32(54-33-23-30(25-41)22-31(40)24-33)26-52-55(49,50)53-28-39(27-42,51-2)37(48)36(47)34-20-21-35-38(43)44-29-45-46(34)35/h20-24,29,32,36-37,47-48H,3-19,26,28H2,1-2H3,(H,49,50)(H2,43,44,45)/t32-,36-,37-,39+/m0/s1. The van der Waals surface area contributed by atoms with Gasteiger partial charge in [-0.2, -0.15) is 15.6 Å². The van der Waals surface area contributed by atoms with Crippen LogP contribution in [0.5, 0.6) is 5.75 Å². The predicted molar refractivity (Wildman–Crippen MR) is 205 cm³/mol. The molecular weight excluding hydrogens is 730 g/mol. The van der Waals surface area contributed by atoms with E-state index in [4.69, 9.17) is 24.3 Å². The first-order chi connectivity index (χ1) is 26.5. The maximum atomic E-state index is 14.2. The number of hydrogen-bond donors (Lipinski definition) is 4. The topological polar surface area (TPSA) is 218 Å². The SMILES string of the molecule is CCCCCCCCCCCCCCCCCC[C@@H](COP(=O)(O)OC[C@@](C#N)(OC)[C@@H](O)[C@@H](O)c1ccc2c(N)ncnn12)Oc1cc(F)cc(C#N)c1. The summed E-state index contributed by atoms with van der Waals surface area (Å²) in [6, 6.07) is 10.1. The highest BCUT2D eigenvalue weighted by Crippen LogP contribution is 2.45. The minimum absolute atomic E-state index is 0.0442. The van der Waals surface area contributed by atoms with Gasteiger partial charge in [0, 0.05) is 13.2 Å². The second-order valence-electron chi connectivity index (χ2n) is 14.0. The van der Waals surface area contributed by atoms with Crippen LogP contribution in [-0.4, -0.2) is 67.8 Å². The molecule has 0 aliphatic carbocycles. The van der Waals surface area contributed by atoms with Crippen LogP contribution in [0.4, 0.5) is 10.2 Å². The van der Waals surface area contributed by atoms with Crippen LogP contribution < -0.4 is 10.5 Å². The van der Waals surface area contributed by atoms with E-state index in [-0.39, 0.29) is 22.8 Å². The average molecular weight is 789 g/mol. The molecule has 0 saturated heterocycles. The minimum atomic E-state index is -4.92. The summed E-state index contributed by atoms with van der Waals surface area (Å²) in [4.78, 5) is 14.5. The number of fused-ring (bicyclic) bond motifs is 1. The lowest BCUT2D eigenvalue weighted by molar-refractivity contribution is -0.134.